The first kappa shape index (κ1) is 15.6. The number of hydrogen-bond donors (Lipinski definition) is 1. The molecule has 0 fully saturated rings. The summed E-state index contributed by atoms with van der Waals surface area (Å²) in [6.07, 6.45) is 1.07. The highest BCUT2D eigenvalue weighted by Crippen LogP contribution is 2.38. The van der Waals surface area contributed by atoms with Crippen LogP contribution in [0.4, 0.5) is 0 Å². The molecule has 2 rings (SSSR count). The summed E-state index contributed by atoms with van der Waals surface area (Å²) in [6, 6.07) is 3.38. The van der Waals surface area contributed by atoms with Gasteiger partial charge in [-0.25, -0.2) is 4.98 Å². The van der Waals surface area contributed by atoms with Gasteiger partial charge in [0.2, 0.25) is 0 Å². The van der Waals surface area contributed by atoms with E-state index in [-0.39, 0.29) is 0 Å². The second-order valence-electron chi connectivity index (χ2n) is 4.45. The van der Waals surface area contributed by atoms with E-state index >= 15 is 0 Å². The Hall–Kier alpha value is -1.79. The van der Waals surface area contributed by atoms with Crippen LogP contribution >= 0.6 is 11.6 Å². The molecule has 0 saturated heterocycles. The van der Waals surface area contributed by atoms with Gasteiger partial charge in [-0.3, -0.25) is 4.68 Å². The van der Waals surface area contributed by atoms with Crippen LogP contribution in [0.2, 0.25) is 5.02 Å². The molecule has 0 radical (unpaired) electrons. The molecule has 1 aromatic carbocycles. The maximum atomic E-state index is 10.4. The van der Waals surface area contributed by atoms with E-state index in [1.165, 1.54) is 20.5 Å². The van der Waals surface area contributed by atoms with E-state index in [2.05, 4.69) is 10.1 Å². The highest BCUT2D eigenvalue weighted by atomic mass is 35.5. The number of rotatable bonds is 6. The topological polar surface area (TPSA) is 69.4 Å². The van der Waals surface area contributed by atoms with Crippen molar-refractivity contribution in [1.29, 1.82) is 0 Å². The maximum Gasteiger partial charge on any atom is 0.179 e. The smallest absolute Gasteiger partial charge is 0.179 e. The minimum absolute atomic E-state index is 0.347. The largest absolute Gasteiger partial charge is 0.493 e. The molecule has 1 N–H and O–H groups in total. The number of aryl methyl sites for hydroxylation is 1. The molecule has 0 spiro atoms. The molecule has 6 nitrogen and oxygen atoms in total. The summed E-state index contributed by atoms with van der Waals surface area (Å²) in [5, 5.41) is 14.9. The van der Waals surface area contributed by atoms with Gasteiger partial charge in [0.1, 0.15) is 12.2 Å². The van der Waals surface area contributed by atoms with E-state index in [9.17, 15) is 5.11 Å². The van der Waals surface area contributed by atoms with Gasteiger partial charge in [0.25, 0.3) is 0 Å². The quantitative estimate of drug-likeness (QED) is 0.886. The minimum Gasteiger partial charge on any atom is -0.493 e. The second kappa shape index (κ2) is 6.78. The van der Waals surface area contributed by atoms with Crippen LogP contribution in [0, 0.1) is 0 Å². The van der Waals surface area contributed by atoms with Crippen molar-refractivity contribution >= 4 is 11.6 Å². The lowest BCUT2D eigenvalue weighted by atomic mass is 10.1. The normalized spacial score (nSPS) is 12.2. The summed E-state index contributed by atoms with van der Waals surface area (Å²) in [6.45, 7) is 2.67. The van der Waals surface area contributed by atoms with Crippen LogP contribution in [-0.2, 0) is 13.0 Å². The molecule has 0 bridgehead atoms. The molecule has 114 valence electrons. The van der Waals surface area contributed by atoms with E-state index in [1.54, 1.807) is 16.8 Å². The first-order valence-electron chi connectivity index (χ1n) is 6.56. The molecule has 0 aliphatic rings. The predicted octanol–water partition coefficient (Wildman–Crippen LogP) is 2.24. The highest BCUT2D eigenvalue weighted by molar-refractivity contribution is 6.32. The molecular formula is C14H18ClN3O3. The third-order valence-corrected chi connectivity index (χ3v) is 3.49. The van der Waals surface area contributed by atoms with Gasteiger partial charge in [0.05, 0.1) is 25.3 Å². The van der Waals surface area contributed by atoms with Gasteiger partial charge < -0.3 is 14.6 Å². The van der Waals surface area contributed by atoms with Gasteiger partial charge in [-0.15, -0.1) is 0 Å². The number of nitrogens with zero attached hydrogens (tertiary/aromatic N) is 3. The predicted molar refractivity (Wildman–Crippen MR) is 78.9 cm³/mol. The van der Waals surface area contributed by atoms with E-state index in [1.807, 2.05) is 6.92 Å². The van der Waals surface area contributed by atoms with Crippen molar-refractivity contribution in [2.24, 2.45) is 0 Å². The van der Waals surface area contributed by atoms with Gasteiger partial charge in [-0.2, -0.15) is 5.10 Å². The SMILES string of the molecule is CCn1ncnc1CC(O)c1cc(Cl)c(OC)c(OC)c1. The molecule has 2 aromatic rings. The van der Waals surface area contributed by atoms with Crippen LogP contribution in [0.5, 0.6) is 11.5 Å². The number of aliphatic hydroxyl groups is 1. The first-order chi connectivity index (χ1) is 10.1. The van der Waals surface area contributed by atoms with Gasteiger partial charge in [-0.05, 0) is 24.6 Å². The molecule has 0 amide bonds. The molecule has 7 heteroatoms. The Bertz CT molecular complexity index is 616. The Kier molecular flexibility index (Phi) is 5.03. The molecule has 1 unspecified atom stereocenters. The number of aliphatic hydroxyl groups excluding tert-OH is 1. The van der Waals surface area contributed by atoms with Crippen LogP contribution < -0.4 is 9.47 Å². The summed E-state index contributed by atoms with van der Waals surface area (Å²) >= 11 is 6.15. The van der Waals surface area contributed by atoms with Gasteiger partial charge >= 0.3 is 0 Å². The van der Waals surface area contributed by atoms with Crippen LogP contribution in [-0.4, -0.2) is 34.1 Å². The van der Waals surface area contributed by atoms with Crippen molar-refractivity contribution in [1.82, 2.24) is 14.8 Å². The average Bonchev–Trinajstić information content (AvgIpc) is 2.93. The first-order valence-corrected chi connectivity index (χ1v) is 6.94. The lowest BCUT2D eigenvalue weighted by Crippen LogP contribution is -2.10. The number of hydrogen-bond acceptors (Lipinski definition) is 5. The van der Waals surface area contributed by atoms with E-state index in [4.69, 9.17) is 21.1 Å². The Labute approximate surface area is 128 Å². The number of benzene rings is 1. The summed E-state index contributed by atoms with van der Waals surface area (Å²) in [5.41, 5.74) is 0.642. The Balaban J connectivity index is 2.27. The van der Waals surface area contributed by atoms with Crippen LogP contribution in [0.15, 0.2) is 18.5 Å². The number of aromatic nitrogens is 3. The second-order valence-corrected chi connectivity index (χ2v) is 4.86. The van der Waals surface area contributed by atoms with Gasteiger partial charge in [0.15, 0.2) is 11.5 Å². The van der Waals surface area contributed by atoms with Gasteiger partial charge in [-0.1, -0.05) is 11.6 Å². The fourth-order valence-electron chi connectivity index (χ4n) is 2.13. The number of ether oxygens (including phenoxy) is 2. The van der Waals surface area contributed by atoms with Crippen molar-refractivity contribution in [2.75, 3.05) is 14.2 Å². The zero-order valence-electron chi connectivity index (χ0n) is 12.2. The fraction of sp³-hybridized carbons (Fsp3) is 0.429. The third-order valence-electron chi connectivity index (χ3n) is 3.21. The van der Waals surface area contributed by atoms with Crippen molar-refractivity contribution in [3.63, 3.8) is 0 Å². The molecule has 0 saturated carbocycles. The summed E-state index contributed by atoms with van der Waals surface area (Å²) < 4.78 is 12.2. The van der Waals surface area contributed by atoms with Crippen LogP contribution in [0.1, 0.15) is 24.4 Å². The van der Waals surface area contributed by atoms with Crippen molar-refractivity contribution in [2.45, 2.75) is 26.0 Å². The number of halogens is 1. The summed E-state index contributed by atoms with van der Waals surface area (Å²) in [4.78, 5) is 4.15. The van der Waals surface area contributed by atoms with Crippen molar-refractivity contribution in [3.8, 4) is 11.5 Å². The third kappa shape index (κ3) is 3.28. The zero-order valence-corrected chi connectivity index (χ0v) is 13.0. The zero-order chi connectivity index (χ0) is 15.4. The monoisotopic (exact) mass is 311 g/mol. The minimum atomic E-state index is -0.753. The average molecular weight is 312 g/mol. The lowest BCUT2D eigenvalue weighted by molar-refractivity contribution is 0.173. The Morgan fingerprint density at radius 1 is 1.33 bits per heavy atom. The maximum absolute atomic E-state index is 10.4. The summed E-state index contributed by atoms with van der Waals surface area (Å²) in [5.74, 6) is 1.65. The van der Waals surface area contributed by atoms with Crippen molar-refractivity contribution < 1.29 is 14.6 Å². The Morgan fingerprint density at radius 3 is 2.71 bits per heavy atom. The standard InChI is InChI=1S/C14H18ClN3O3/c1-4-18-13(16-8-17-18)7-11(19)9-5-10(15)14(21-3)12(6-9)20-2/h5-6,8,11,19H,4,7H2,1-3H3. The van der Waals surface area contributed by atoms with Crippen LogP contribution in [0.3, 0.4) is 0 Å². The van der Waals surface area contributed by atoms with E-state index < -0.39 is 6.10 Å². The molecule has 1 heterocycles. The Morgan fingerprint density at radius 2 is 2.10 bits per heavy atom. The van der Waals surface area contributed by atoms with Crippen LogP contribution in [0.25, 0.3) is 0 Å². The summed E-state index contributed by atoms with van der Waals surface area (Å²) in [7, 11) is 3.04. The van der Waals surface area contributed by atoms with Crippen molar-refractivity contribution in [3.05, 3.63) is 34.9 Å². The molecule has 1 aromatic heterocycles. The van der Waals surface area contributed by atoms with E-state index in [0.717, 1.165) is 5.82 Å². The highest BCUT2D eigenvalue weighted by Gasteiger charge is 2.18. The molecular weight excluding hydrogens is 294 g/mol. The molecule has 0 aliphatic carbocycles. The number of methoxy groups -OCH3 is 2. The molecule has 0 aliphatic heterocycles. The fourth-order valence-corrected chi connectivity index (χ4v) is 2.43. The lowest BCUT2D eigenvalue weighted by Gasteiger charge is -2.15. The molecule has 1 atom stereocenters. The van der Waals surface area contributed by atoms with E-state index in [0.29, 0.717) is 35.1 Å². The van der Waals surface area contributed by atoms with Gasteiger partial charge in [0, 0.05) is 13.0 Å². The molecule has 21 heavy (non-hydrogen) atoms.